The first-order valence-electron chi connectivity index (χ1n) is 4.53. The molecule has 0 spiro atoms. The van der Waals surface area contributed by atoms with Crippen LogP contribution in [0.25, 0.3) is 0 Å². The number of esters is 1. The fraction of sp³-hybridized carbons (Fsp3) is 0.364. The number of methoxy groups -OCH3 is 1. The van der Waals surface area contributed by atoms with E-state index in [0.29, 0.717) is 0 Å². The summed E-state index contributed by atoms with van der Waals surface area (Å²) in [6, 6.07) is 8.08. The van der Waals surface area contributed by atoms with Gasteiger partial charge in [-0.1, -0.05) is 12.1 Å². The van der Waals surface area contributed by atoms with Crippen LogP contribution in [0.1, 0.15) is 18.4 Å². The summed E-state index contributed by atoms with van der Waals surface area (Å²) in [5, 5.41) is 0. The number of hydrogen-bond donors (Lipinski definition) is 0. The summed E-state index contributed by atoms with van der Waals surface area (Å²) in [5.41, 5.74) is 0.770. The number of hydrogen-bond acceptors (Lipinski definition) is 2. The second-order valence-electron chi connectivity index (χ2n) is 3.58. The van der Waals surface area contributed by atoms with Gasteiger partial charge in [-0.3, -0.25) is 4.79 Å². The minimum Gasteiger partial charge on any atom is -0.468 e. The average molecular weight is 302 g/mol. The van der Waals surface area contributed by atoms with Gasteiger partial charge in [0, 0.05) is 3.57 Å². The quantitative estimate of drug-likeness (QED) is 0.620. The molecule has 0 heterocycles. The van der Waals surface area contributed by atoms with Crippen LogP contribution in [0.2, 0.25) is 0 Å². The van der Waals surface area contributed by atoms with E-state index in [2.05, 4.69) is 28.7 Å². The van der Waals surface area contributed by atoms with Crippen molar-refractivity contribution in [1.82, 2.24) is 0 Å². The molecule has 1 aliphatic carbocycles. The molecule has 0 bridgehead atoms. The van der Waals surface area contributed by atoms with Crippen LogP contribution in [0.3, 0.4) is 0 Å². The van der Waals surface area contributed by atoms with Gasteiger partial charge in [-0.05, 0) is 53.1 Å². The zero-order valence-electron chi connectivity index (χ0n) is 7.92. The minimum atomic E-state index is -0.323. The number of ether oxygens (including phenoxy) is 1. The molecule has 1 saturated carbocycles. The molecule has 0 radical (unpaired) electrons. The van der Waals surface area contributed by atoms with Crippen molar-refractivity contribution >= 4 is 28.6 Å². The summed E-state index contributed by atoms with van der Waals surface area (Å²) in [6.07, 6.45) is 1.83. The van der Waals surface area contributed by atoms with Gasteiger partial charge in [0.05, 0.1) is 12.5 Å². The Balaban J connectivity index is 2.35. The number of rotatable bonds is 2. The number of carbonyl (C=O) groups is 1. The molecule has 0 aliphatic heterocycles. The lowest BCUT2D eigenvalue weighted by Gasteiger charge is -2.12. The van der Waals surface area contributed by atoms with E-state index >= 15 is 0 Å². The fourth-order valence-corrected chi connectivity index (χ4v) is 2.26. The van der Waals surface area contributed by atoms with Crippen molar-refractivity contribution in [3.05, 3.63) is 33.4 Å². The summed E-state index contributed by atoms with van der Waals surface area (Å²) < 4.78 is 5.99. The molecule has 2 rings (SSSR count). The largest absolute Gasteiger partial charge is 0.468 e. The second kappa shape index (κ2) is 3.53. The van der Waals surface area contributed by atoms with E-state index < -0.39 is 0 Å². The van der Waals surface area contributed by atoms with E-state index in [1.54, 1.807) is 0 Å². The van der Waals surface area contributed by atoms with E-state index in [-0.39, 0.29) is 11.4 Å². The van der Waals surface area contributed by atoms with Crippen molar-refractivity contribution in [3.63, 3.8) is 0 Å². The highest BCUT2D eigenvalue weighted by Gasteiger charge is 2.52. The van der Waals surface area contributed by atoms with Gasteiger partial charge in [-0.2, -0.15) is 0 Å². The molecule has 1 fully saturated rings. The summed E-state index contributed by atoms with van der Waals surface area (Å²) in [4.78, 5) is 11.6. The topological polar surface area (TPSA) is 26.3 Å². The normalized spacial score (nSPS) is 17.6. The Morgan fingerprint density at radius 2 is 2.21 bits per heavy atom. The molecule has 2 nitrogen and oxygen atoms in total. The Kier molecular flexibility index (Phi) is 2.51. The van der Waals surface area contributed by atoms with Gasteiger partial charge in [0.25, 0.3) is 0 Å². The van der Waals surface area contributed by atoms with Crippen molar-refractivity contribution in [2.75, 3.05) is 7.11 Å². The van der Waals surface area contributed by atoms with Gasteiger partial charge in [-0.25, -0.2) is 0 Å². The molecule has 1 aliphatic rings. The molecule has 1 aromatic carbocycles. The van der Waals surface area contributed by atoms with Gasteiger partial charge < -0.3 is 4.74 Å². The molecule has 0 unspecified atom stereocenters. The number of halogens is 1. The zero-order valence-corrected chi connectivity index (χ0v) is 10.1. The van der Waals surface area contributed by atoms with Crippen LogP contribution in [0, 0.1) is 3.57 Å². The van der Waals surface area contributed by atoms with E-state index in [9.17, 15) is 4.79 Å². The molecule has 0 aromatic heterocycles. The van der Waals surface area contributed by atoms with Crippen molar-refractivity contribution in [2.24, 2.45) is 0 Å². The molecule has 0 amide bonds. The third-order valence-electron chi connectivity index (χ3n) is 2.70. The molecule has 1 aromatic rings. The van der Waals surface area contributed by atoms with Crippen LogP contribution < -0.4 is 0 Å². The number of benzene rings is 1. The Labute approximate surface area is 96.8 Å². The second-order valence-corrected chi connectivity index (χ2v) is 4.83. The highest BCUT2D eigenvalue weighted by molar-refractivity contribution is 14.1. The van der Waals surface area contributed by atoms with Crippen molar-refractivity contribution < 1.29 is 9.53 Å². The van der Waals surface area contributed by atoms with E-state index in [0.717, 1.165) is 22.0 Å². The van der Waals surface area contributed by atoms with Gasteiger partial charge in [-0.15, -0.1) is 0 Å². The van der Waals surface area contributed by atoms with Gasteiger partial charge in [0.15, 0.2) is 0 Å². The highest BCUT2D eigenvalue weighted by atomic mass is 127. The van der Waals surface area contributed by atoms with Crippen LogP contribution in [0.15, 0.2) is 24.3 Å². The van der Waals surface area contributed by atoms with Crippen LogP contribution in [-0.4, -0.2) is 13.1 Å². The summed E-state index contributed by atoms with van der Waals surface area (Å²) in [7, 11) is 1.45. The molecule has 0 N–H and O–H groups in total. The molecule has 0 atom stereocenters. The summed E-state index contributed by atoms with van der Waals surface area (Å²) in [5.74, 6) is -0.0977. The Morgan fingerprint density at radius 1 is 1.50 bits per heavy atom. The fourth-order valence-electron chi connectivity index (χ4n) is 1.72. The Morgan fingerprint density at radius 3 is 2.71 bits per heavy atom. The molecular weight excluding hydrogens is 291 g/mol. The Bertz CT molecular complexity index is 369. The lowest BCUT2D eigenvalue weighted by Crippen LogP contribution is -2.21. The van der Waals surface area contributed by atoms with Crippen molar-refractivity contribution in [3.8, 4) is 0 Å². The van der Waals surface area contributed by atoms with Crippen molar-refractivity contribution in [2.45, 2.75) is 18.3 Å². The number of carbonyl (C=O) groups excluding carboxylic acids is 1. The molecule has 14 heavy (non-hydrogen) atoms. The van der Waals surface area contributed by atoms with Gasteiger partial charge in [0.1, 0.15) is 0 Å². The third kappa shape index (κ3) is 1.54. The first-order valence-corrected chi connectivity index (χ1v) is 5.61. The van der Waals surface area contributed by atoms with Gasteiger partial charge >= 0.3 is 5.97 Å². The van der Waals surface area contributed by atoms with E-state index in [1.807, 2.05) is 18.2 Å². The lowest BCUT2D eigenvalue weighted by molar-refractivity contribution is -0.143. The predicted molar refractivity (Wildman–Crippen MR) is 62.1 cm³/mol. The maximum absolute atomic E-state index is 11.6. The Hall–Kier alpha value is -0.580. The van der Waals surface area contributed by atoms with Crippen LogP contribution >= 0.6 is 22.6 Å². The predicted octanol–water partition coefficient (Wildman–Crippen LogP) is 2.50. The van der Waals surface area contributed by atoms with Crippen LogP contribution in [-0.2, 0) is 14.9 Å². The molecule has 0 saturated heterocycles. The maximum atomic E-state index is 11.6. The van der Waals surface area contributed by atoms with E-state index in [1.165, 1.54) is 7.11 Å². The monoisotopic (exact) mass is 302 g/mol. The lowest BCUT2D eigenvalue weighted by atomic mass is 9.96. The van der Waals surface area contributed by atoms with Crippen LogP contribution in [0.4, 0.5) is 0 Å². The highest BCUT2D eigenvalue weighted by Crippen LogP contribution is 2.49. The van der Waals surface area contributed by atoms with Gasteiger partial charge in [0.2, 0.25) is 0 Å². The first-order chi connectivity index (χ1) is 6.69. The smallest absolute Gasteiger partial charge is 0.316 e. The first kappa shape index (κ1) is 9.96. The zero-order chi connectivity index (χ0) is 10.2. The average Bonchev–Trinajstić information content (AvgIpc) is 2.97. The molecule has 74 valence electrons. The maximum Gasteiger partial charge on any atom is 0.316 e. The standard InChI is InChI=1S/C11H11IO2/c1-14-10(13)11(5-6-11)8-3-2-4-9(12)7-8/h2-4,7H,5-6H2,1H3. The summed E-state index contributed by atoms with van der Waals surface area (Å²) >= 11 is 2.26. The minimum absolute atomic E-state index is 0.0977. The van der Waals surface area contributed by atoms with Crippen molar-refractivity contribution in [1.29, 1.82) is 0 Å². The SMILES string of the molecule is COC(=O)C1(c2cccc(I)c2)CC1. The van der Waals surface area contributed by atoms with E-state index in [4.69, 9.17) is 4.74 Å². The molecule has 3 heteroatoms. The summed E-state index contributed by atoms with van der Waals surface area (Å²) in [6.45, 7) is 0. The van der Waals surface area contributed by atoms with Crippen LogP contribution in [0.5, 0.6) is 0 Å². The molecular formula is C11H11IO2. The third-order valence-corrected chi connectivity index (χ3v) is 3.37.